The molecule has 4 amide bonds. The Morgan fingerprint density at radius 3 is 1.07 bits per heavy atom. The number of aliphatic hydroxyl groups is 29. The zero-order chi connectivity index (χ0) is 95.3. The van der Waals surface area contributed by atoms with Gasteiger partial charge in [0.2, 0.25) is 23.6 Å². The van der Waals surface area contributed by atoms with Gasteiger partial charge < -0.3 is 264 Å². The highest BCUT2D eigenvalue weighted by atomic mass is 16.8. The Hall–Kier alpha value is -4.57. The first-order valence-corrected chi connectivity index (χ1v) is 40.8. The van der Waals surface area contributed by atoms with Crippen LogP contribution in [0.2, 0.25) is 0 Å². The van der Waals surface area contributed by atoms with Gasteiger partial charge in [0.15, 0.2) is 56.6 Å². The summed E-state index contributed by atoms with van der Waals surface area (Å²) in [5.74, 6) is -9.28. The third-order valence-electron chi connectivity index (χ3n) is 23.4. The molecule has 34 N–H and O–H groups in total. The molecule has 58 heteroatoms. The van der Waals surface area contributed by atoms with E-state index in [1.807, 2.05) is 0 Å². The van der Waals surface area contributed by atoms with Crippen LogP contribution in [-0.2, 0) is 114 Å². The summed E-state index contributed by atoms with van der Waals surface area (Å²) in [7, 11) is 0. The fourth-order valence-electron chi connectivity index (χ4n) is 16.5. The fourth-order valence-corrected chi connectivity index (χ4v) is 16.5. The number of carboxylic acid groups (broad SMARTS) is 1. The summed E-state index contributed by atoms with van der Waals surface area (Å²) in [5, 5.41) is 344. The molecule has 10 aliphatic rings. The number of hydrogen-bond donors (Lipinski definition) is 34. The minimum absolute atomic E-state index is 0.816. The maximum atomic E-state index is 13.3. The quantitative estimate of drug-likeness (QED) is 0.0280. The second kappa shape index (κ2) is 46.1. The molecule has 58 nitrogen and oxygen atoms in total. The van der Waals surface area contributed by atoms with E-state index in [0.29, 0.717) is 0 Å². The molecule has 0 unspecified atom stereocenters. The van der Waals surface area contributed by atoms with E-state index in [1.54, 1.807) is 0 Å². The van der Waals surface area contributed by atoms with Crippen LogP contribution in [-0.4, -0.2) is 561 Å². The summed E-state index contributed by atoms with van der Waals surface area (Å²) in [6.07, 6.45) is -103. The van der Waals surface area contributed by atoms with E-state index in [2.05, 4.69) is 21.3 Å². The number of amides is 4. The highest BCUT2D eigenvalue weighted by molar-refractivity contribution is 5.77. The number of ether oxygens (including phenoxy) is 19. The van der Waals surface area contributed by atoms with Gasteiger partial charge in [-0.2, -0.15) is 0 Å². The van der Waals surface area contributed by atoms with Crippen LogP contribution in [0.15, 0.2) is 0 Å². The first-order valence-electron chi connectivity index (χ1n) is 40.8. The summed E-state index contributed by atoms with van der Waals surface area (Å²) < 4.78 is 112. The molecule has 10 aliphatic heterocycles. The number of rotatable bonds is 35. The number of aliphatic carboxylic acids is 1. The molecule has 0 radical (unpaired) electrons. The van der Waals surface area contributed by atoms with Crippen molar-refractivity contribution in [1.29, 1.82) is 0 Å². The molecule has 51 atom stereocenters. The lowest BCUT2D eigenvalue weighted by molar-refractivity contribution is -0.400. The van der Waals surface area contributed by atoms with Gasteiger partial charge in [-0.1, -0.05) is 0 Å². The molecule has 746 valence electrons. The van der Waals surface area contributed by atoms with Crippen molar-refractivity contribution in [2.24, 2.45) is 0 Å². The lowest BCUT2D eigenvalue weighted by Gasteiger charge is -2.51. The largest absolute Gasteiger partial charge is 0.477 e. The van der Waals surface area contributed by atoms with Gasteiger partial charge in [-0.25, -0.2) is 4.79 Å². The number of carbonyl (C=O) groups is 5. The Morgan fingerprint density at radius 1 is 0.318 bits per heavy atom. The van der Waals surface area contributed by atoms with Crippen LogP contribution in [0.25, 0.3) is 0 Å². The number of nitrogens with one attached hydrogen (secondary N) is 4. The van der Waals surface area contributed by atoms with Crippen LogP contribution in [0.1, 0.15) is 34.1 Å². The van der Waals surface area contributed by atoms with Gasteiger partial charge in [0.05, 0.1) is 78.2 Å². The molecule has 0 bridgehead atoms. The van der Waals surface area contributed by atoms with Crippen LogP contribution in [0, 0.1) is 0 Å². The summed E-state index contributed by atoms with van der Waals surface area (Å²) in [4.78, 5) is 64.1. The minimum atomic E-state index is -3.33. The lowest BCUT2D eigenvalue weighted by atomic mass is 9.88. The number of hydrogen-bond acceptors (Lipinski definition) is 53. The smallest absolute Gasteiger partial charge is 0.364 e. The standard InChI is InChI=1S/C71H118N4O54/c1-16(84)72-31-20(88)5-71(70(109)110,128-56(31)35(90)21(89)6-76)129-59-39(94)25(10-80)116-68(52(59)107)124-55-28(13-83)119-63(34(44(55)99)75-19(4)87)127-60-47(102)38(93)24(9-79)117-69(60)126-58-41(96)30(121-67(51(58)106)123-54-27(12-82)118-62(33(43(54)98)74-18(3)86)122-53-26(11-81)113-61(108)32(42(53)97)73-17(2)85)15-112-65-50(105)57(125-66-49(104)46(101)37(92)23(8-78)115-66)40(95)29(120-65)14-111-64-48(103)45(100)36(91)22(7-77)114-64/h20-69,76-83,88-108H,5-15H2,1-4H3,(H,72,84)(H,73,85)(H,74,86)(H,75,87)(H,109,110)/t20-,21+,22+,23+,24+,25+,26+,27+,28+,29+,30+,31+,32+,33+,34+,35+,36+,37+,38+,39-,40+,41+,42+,43+,44+,45-,46-,47-,48-,49-,50-,51-,52+,53+,54+,55+,56+,57-,58-,59-,60-,61-,62-,63-,64-,65-,66+,67-,68-,69+,71-/m0/s1. The Balaban J connectivity index is 0.975. The molecule has 10 heterocycles. The second-order valence-electron chi connectivity index (χ2n) is 32.4. The molecule has 10 fully saturated rings. The van der Waals surface area contributed by atoms with E-state index in [0.717, 1.165) is 27.7 Å². The topological polar surface area (TPSA) is 916 Å². The van der Waals surface area contributed by atoms with E-state index in [-0.39, 0.29) is 0 Å². The Bertz CT molecular complexity index is 3550. The molecule has 129 heavy (non-hydrogen) atoms. The van der Waals surface area contributed by atoms with Crippen LogP contribution in [0.5, 0.6) is 0 Å². The maximum absolute atomic E-state index is 13.3. The molecule has 10 rings (SSSR count). The van der Waals surface area contributed by atoms with Crippen molar-refractivity contribution < 1.29 is 267 Å². The van der Waals surface area contributed by atoms with Crippen LogP contribution < -0.4 is 21.3 Å². The molecule has 0 aromatic heterocycles. The maximum Gasteiger partial charge on any atom is 0.364 e. The number of aliphatic hydroxyl groups excluding tert-OH is 29. The highest BCUT2D eigenvalue weighted by Crippen LogP contribution is 2.43. The zero-order valence-corrected chi connectivity index (χ0v) is 68.9. The second-order valence-corrected chi connectivity index (χ2v) is 32.4. The average Bonchev–Trinajstić information content (AvgIpc) is 0.757. The summed E-state index contributed by atoms with van der Waals surface area (Å²) >= 11 is 0. The van der Waals surface area contributed by atoms with Crippen LogP contribution in [0.3, 0.4) is 0 Å². The third-order valence-corrected chi connectivity index (χ3v) is 23.4. The SMILES string of the molecule is CC(=O)N[C@@H]1[C@@H](O)[C@H](O[C@@H]2O[C@H](CO)[C@@H](O[C@@H]3O[C@H](CO[C@H]4O[C@H](CO[C@H]5O[C@H](CO)[C@@H](O)[C@H](O)[C@@H]5O)[C@@H](O)[C@H](O[C@H]5O[C@H](CO)[C@@H](O)[C@H](O)[C@@H]5O)[C@@H]4O)[C@@H](O)[C@H](O[C@H]4O[C@H](CO)[C@@H](O)[C@H](O)[C@@H]4O[C@@H]4O[C@H](CO)[C@@H](O[C@@H]5O[C@H](CO)[C@H](O)[C@H](O[C@]6(C(=O)O)C[C@H](O)[C@@H](NC(C)=O)[C@H]([C@H](O)[C@H](O)CO)O6)[C@H]5O)[C@H](O)[C@H]4NC(C)=O)[C@@H]3O)[C@H](O)[C@H]2NC(C)=O)[C@@H](CO)O[C@@H]1O. The molecule has 0 aromatic rings. The predicted molar refractivity (Wildman–Crippen MR) is 393 cm³/mol. The molecule has 0 spiro atoms. The highest BCUT2D eigenvalue weighted by Gasteiger charge is 2.64. The number of carbonyl (C=O) groups excluding carboxylic acids is 4. The van der Waals surface area contributed by atoms with E-state index >= 15 is 0 Å². The predicted octanol–water partition coefficient (Wildman–Crippen LogP) is -23.0. The van der Waals surface area contributed by atoms with Crippen LogP contribution >= 0.6 is 0 Å². The molecule has 10 saturated heterocycles. The Kier molecular flexibility index (Phi) is 38.0. The Labute approximate surface area is 728 Å². The van der Waals surface area contributed by atoms with Crippen molar-refractivity contribution in [3.05, 3.63) is 0 Å². The third kappa shape index (κ3) is 23.5. The first-order chi connectivity index (χ1) is 60.9. The summed E-state index contributed by atoms with van der Waals surface area (Å²) in [6.45, 7) is -8.00. The van der Waals surface area contributed by atoms with Gasteiger partial charge in [0, 0.05) is 34.1 Å². The van der Waals surface area contributed by atoms with Gasteiger partial charge in [-0.3, -0.25) is 19.2 Å². The first kappa shape index (κ1) is 106. The van der Waals surface area contributed by atoms with Crippen LogP contribution in [0.4, 0.5) is 0 Å². The molecule has 0 aliphatic carbocycles. The average molecular weight is 1890 g/mol. The molecular weight excluding hydrogens is 1770 g/mol. The zero-order valence-electron chi connectivity index (χ0n) is 68.9. The molecular formula is C71H118N4O54. The lowest BCUT2D eigenvalue weighted by Crippen LogP contribution is -2.71. The normalized spacial score (nSPS) is 48.1. The van der Waals surface area contributed by atoms with E-state index in [4.69, 9.17) is 90.0 Å². The van der Waals surface area contributed by atoms with Gasteiger partial charge in [0.25, 0.3) is 5.79 Å². The van der Waals surface area contributed by atoms with Crippen molar-refractivity contribution >= 4 is 29.6 Å². The van der Waals surface area contributed by atoms with Crippen molar-refractivity contribution in [3.63, 3.8) is 0 Å². The summed E-state index contributed by atoms with van der Waals surface area (Å²) in [5.41, 5.74) is 0. The van der Waals surface area contributed by atoms with Crippen molar-refractivity contribution in [2.75, 3.05) is 66.1 Å². The molecule has 0 saturated carbocycles. The van der Waals surface area contributed by atoms with Gasteiger partial charge in [0.1, 0.15) is 238 Å². The van der Waals surface area contributed by atoms with Crippen molar-refractivity contribution in [1.82, 2.24) is 21.3 Å². The van der Waals surface area contributed by atoms with E-state index < -0.39 is 414 Å². The minimum Gasteiger partial charge on any atom is -0.477 e. The van der Waals surface area contributed by atoms with Crippen molar-refractivity contribution in [2.45, 2.75) is 347 Å². The van der Waals surface area contributed by atoms with Gasteiger partial charge in [-0.05, 0) is 0 Å². The van der Waals surface area contributed by atoms with E-state index in [9.17, 15) is 177 Å². The fraction of sp³-hybridized carbons (Fsp3) is 0.930. The Morgan fingerprint density at radius 2 is 0.628 bits per heavy atom. The van der Waals surface area contributed by atoms with Gasteiger partial charge in [-0.15, -0.1) is 0 Å². The monoisotopic (exact) mass is 1890 g/mol. The summed E-state index contributed by atoms with van der Waals surface area (Å²) in [6, 6.07) is -7.60. The molecule has 0 aromatic carbocycles. The van der Waals surface area contributed by atoms with E-state index in [1.165, 1.54) is 0 Å². The van der Waals surface area contributed by atoms with Crippen molar-refractivity contribution in [3.8, 4) is 0 Å². The number of carboxylic acids is 1. The van der Waals surface area contributed by atoms with Gasteiger partial charge >= 0.3 is 5.97 Å².